The summed E-state index contributed by atoms with van der Waals surface area (Å²) in [7, 11) is -4.15. The van der Waals surface area contributed by atoms with E-state index in [1.165, 1.54) is 6.07 Å². The molecule has 0 radical (unpaired) electrons. The molecule has 2 atom stereocenters. The normalized spacial score (nSPS) is 21.3. The molecule has 1 aromatic carbocycles. The summed E-state index contributed by atoms with van der Waals surface area (Å²) in [6.07, 6.45) is 0.170. The largest absolute Gasteiger partial charge is 0.372 e. The molecule has 1 fully saturated rings. The van der Waals surface area contributed by atoms with E-state index >= 15 is 0 Å². The van der Waals surface area contributed by atoms with Crippen LogP contribution in [0.25, 0.3) is 0 Å². The zero-order valence-corrected chi connectivity index (χ0v) is 10.9. The molecule has 4 nitrogen and oxygen atoms in total. The van der Waals surface area contributed by atoms with Gasteiger partial charge in [-0.15, -0.1) is 0 Å². The number of hydrogen-bond donors (Lipinski definition) is 1. The van der Waals surface area contributed by atoms with Crippen molar-refractivity contribution in [3.8, 4) is 0 Å². The van der Waals surface area contributed by atoms with Crippen molar-refractivity contribution in [3.63, 3.8) is 0 Å². The molecule has 2 rings (SSSR count). The highest BCUT2D eigenvalue weighted by Crippen LogP contribution is 2.35. The third-order valence-electron chi connectivity index (χ3n) is 3.33. The summed E-state index contributed by atoms with van der Waals surface area (Å²) in [5.74, 6) is 0.150. The van der Waals surface area contributed by atoms with Crippen molar-refractivity contribution >= 4 is 10.1 Å². The number of rotatable bonds is 3. The predicted molar refractivity (Wildman–Crippen MR) is 63.9 cm³/mol. The molecular formula is C12H16O4S. The molecule has 1 aliphatic rings. The van der Waals surface area contributed by atoms with E-state index in [9.17, 15) is 8.42 Å². The fraction of sp³-hybridized carbons (Fsp3) is 0.500. The summed E-state index contributed by atoms with van der Waals surface area (Å²) in [6, 6.07) is 3.17. The van der Waals surface area contributed by atoms with Crippen LogP contribution in [-0.2, 0) is 14.9 Å². The minimum Gasteiger partial charge on any atom is -0.372 e. The lowest BCUT2D eigenvalue weighted by Crippen LogP contribution is -2.10. The Bertz CT molecular complexity index is 544. The van der Waals surface area contributed by atoms with Gasteiger partial charge in [-0.1, -0.05) is 13.0 Å². The van der Waals surface area contributed by atoms with Crippen molar-refractivity contribution < 1.29 is 17.7 Å². The lowest BCUT2D eigenvalue weighted by atomic mass is 9.90. The minimum absolute atomic E-state index is 0.00870. The lowest BCUT2D eigenvalue weighted by molar-refractivity contribution is 0.381. The van der Waals surface area contributed by atoms with Crippen LogP contribution < -0.4 is 0 Å². The Kier molecular flexibility index (Phi) is 3.01. The molecule has 1 heterocycles. The smallest absolute Gasteiger partial charge is 0.294 e. The van der Waals surface area contributed by atoms with Crippen LogP contribution in [0.4, 0.5) is 0 Å². The van der Waals surface area contributed by atoms with Gasteiger partial charge in [0.05, 0.1) is 17.6 Å². The van der Waals surface area contributed by atoms with Crippen molar-refractivity contribution in [1.29, 1.82) is 0 Å². The SMILES string of the molecule is Cc1ccc(S(=O)(=O)O)c(C)c1C(C)C1CO1. The van der Waals surface area contributed by atoms with E-state index in [1.807, 2.05) is 13.8 Å². The van der Waals surface area contributed by atoms with Crippen molar-refractivity contribution in [2.24, 2.45) is 0 Å². The Hall–Kier alpha value is -0.910. The van der Waals surface area contributed by atoms with Crippen LogP contribution in [-0.4, -0.2) is 25.7 Å². The Morgan fingerprint density at radius 1 is 1.41 bits per heavy atom. The lowest BCUT2D eigenvalue weighted by Gasteiger charge is -2.17. The molecule has 1 aromatic rings. The second-order valence-electron chi connectivity index (χ2n) is 4.55. The van der Waals surface area contributed by atoms with E-state index in [0.717, 1.165) is 17.7 Å². The highest BCUT2D eigenvalue weighted by Gasteiger charge is 2.33. The van der Waals surface area contributed by atoms with Gasteiger partial charge in [-0.2, -0.15) is 8.42 Å². The molecule has 0 spiro atoms. The minimum atomic E-state index is -4.15. The van der Waals surface area contributed by atoms with Crippen LogP contribution in [0.1, 0.15) is 29.5 Å². The predicted octanol–water partition coefficient (Wildman–Crippen LogP) is 2.05. The van der Waals surface area contributed by atoms with Crippen molar-refractivity contribution in [2.75, 3.05) is 6.61 Å². The van der Waals surface area contributed by atoms with Crippen molar-refractivity contribution in [1.82, 2.24) is 0 Å². The molecular weight excluding hydrogens is 240 g/mol. The zero-order chi connectivity index (χ0) is 12.8. The quantitative estimate of drug-likeness (QED) is 0.664. The monoisotopic (exact) mass is 256 g/mol. The van der Waals surface area contributed by atoms with Crippen LogP contribution in [0.5, 0.6) is 0 Å². The maximum atomic E-state index is 11.2. The number of ether oxygens (including phenoxy) is 1. The van der Waals surface area contributed by atoms with Crippen molar-refractivity contribution in [2.45, 2.75) is 37.7 Å². The summed E-state index contributed by atoms with van der Waals surface area (Å²) in [4.78, 5) is -0.00870. The molecule has 0 aliphatic carbocycles. The summed E-state index contributed by atoms with van der Waals surface area (Å²) < 4.78 is 36.9. The van der Waals surface area contributed by atoms with E-state index in [1.54, 1.807) is 13.0 Å². The second kappa shape index (κ2) is 4.08. The van der Waals surface area contributed by atoms with E-state index in [0.29, 0.717) is 5.56 Å². The van der Waals surface area contributed by atoms with Gasteiger partial charge in [0, 0.05) is 5.92 Å². The highest BCUT2D eigenvalue weighted by molar-refractivity contribution is 7.85. The van der Waals surface area contributed by atoms with E-state index in [2.05, 4.69) is 0 Å². The first-order valence-electron chi connectivity index (χ1n) is 5.51. The first-order valence-corrected chi connectivity index (χ1v) is 6.95. The van der Waals surface area contributed by atoms with Gasteiger partial charge in [0.1, 0.15) is 0 Å². The molecule has 1 N–H and O–H groups in total. The Morgan fingerprint density at radius 2 is 2.00 bits per heavy atom. The van der Waals surface area contributed by atoms with Crippen LogP contribution in [0.2, 0.25) is 0 Å². The first kappa shape index (κ1) is 12.5. The van der Waals surface area contributed by atoms with Gasteiger partial charge < -0.3 is 4.74 Å². The molecule has 1 saturated heterocycles. The van der Waals surface area contributed by atoms with Crippen LogP contribution in [0, 0.1) is 13.8 Å². The molecule has 5 heteroatoms. The summed E-state index contributed by atoms with van der Waals surface area (Å²) in [5.41, 5.74) is 2.61. The molecule has 0 saturated carbocycles. The van der Waals surface area contributed by atoms with Crippen LogP contribution in [0.3, 0.4) is 0 Å². The Labute approximate surface area is 101 Å². The number of epoxide rings is 1. The maximum absolute atomic E-state index is 11.2. The topological polar surface area (TPSA) is 66.9 Å². The van der Waals surface area contributed by atoms with Gasteiger partial charge in [-0.3, -0.25) is 4.55 Å². The molecule has 0 bridgehead atoms. The highest BCUT2D eigenvalue weighted by atomic mass is 32.2. The number of hydrogen-bond acceptors (Lipinski definition) is 3. The average Bonchev–Trinajstić information content (AvgIpc) is 2.97. The van der Waals surface area contributed by atoms with Crippen molar-refractivity contribution in [3.05, 3.63) is 28.8 Å². The van der Waals surface area contributed by atoms with Gasteiger partial charge in [0.15, 0.2) is 0 Å². The maximum Gasteiger partial charge on any atom is 0.294 e. The third kappa shape index (κ3) is 2.36. The van der Waals surface area contributed by atoms with Gasteiger partial charge in [-0.05, 0) is 36.6 Å². The molecule has 17 heavy (non-hydrogen) atoms. The third-order valence-corrected chi connectivity index (χ3v) is 4.33. The average molecular weight is 256 g/mol. The molecule has 94 valence electrons. The first-order chi connectivity index (χ1) is 7.82. The Balaban J connectivity index is 2.57. The fourth-order valence-corrected chi connectivity index (χ4v) is 3.09. The zero-order valence-electron chi connectivity index (χ0n) is 10.1. The van der Waals surface area contributed by atoms with E-state index < -0.39 is 10.1 Å². The Morgan fingerprint density at radius 3 is 2.47 bits per heavy atom. The van der Waals surface area contributed by atoms with Gasteiger partial charge in [0.2, 0.25) is 0 Å². The molecule has 0 amide bonds. The fourth-order valence-electron chi connectivity index (χ4n) is 2.35. The van der Waals surface area contributed by atoms with Gasteiger partial charge in [-0.25, -0.2) is 0 Å². The summed E-state index contributed by atoms with van der Waals surface area (Å²) >= 11 is 0. The van der Waals surface area contributed by atoms with Gasteiger partial charge in [0.25, 0.3) is 10.1 Å². The number of benzene rings is 1. The van der Waals surface area contributed by atoms with E-state index in [-0.39, 0.29) is 16.9 Å². The second-order valence-corrected chi connectivity index (χ2v) is 5.94. The summed E-state index contributed by atoms with van der Waals surface area (Å²) in [6.45, 7) is 6.40. The van der Waals surface area contributed by atoms with Gasteiger partial charge >= 0.3 is 0 Å². The van der Waals surface area contributed by atoms with E-state index in [4.69, 9.17) is 9.29 Å². The molecule has 2 unspecified atom stereocenters. The van der Waals surface area contributed by atoms with Crippen LogP contribution in [0.15, 0.2) is 17.0 Å². The van der Waals surface area contributed by atoms with Crippen LogP contribution >= 0.6 is 0 Å². The molecule has 0 aromatic heterocycles. The standard InChI is InChI=1S/C12H16O4S/c1-7-4-5-11(17(13,14)15)9(3)12(7)8(2)10-6-16-10/h4-5,8,10H,6H2,1-3H3,(H,13,14,15). The summed E-state index contributed by atoms with van der Waals surface area (Å²) in [5, 5.41) is 0. The molecule has 1 aliphatic heterocycles. The number of aryl methyl sites for hydroxylation is 1.